The molecule has 1 heterocycles. The van der Waals surface area contributed by atoms with E-state index >= 15 is 0 Å². The molecule has 0 radical (unpaired) electrons. The third-order valence-electron chi connectivity index (χ3n) is 4.33. The van der Waals surface area contributed by atoms with Crippen molar-refractivity contribution in [2.45, 2.75) is 13.0 Å². The van der Waals surface area contributed by atoms with Crippen LogP contribution in [-0.4, -0.2) is 17.3 Å². The largest absolute Gasteiger partial charge is 0.496 e. The lowest BCUT2D eigenvalue weighted by Gasteiger charge is -2.09. The molecule has 0 unspecified atom stereocenters. The van der Waals surface area contributed by atoms with Crippen LogP contribution in [0.4, 0.5) is 14.6 Å². The van der Waals surface area contributed by atoms with Crippen molar-refractivity contribution in [1.82, 2.24) is 10.2 Å². The minimum absolute atomic E-state index is 0.00828. The summed E-state index contributed by atoms with van der Waals surface area (Å²) in [6.07, 6.45) is 0.660. The lowest BCUT2D eigenvalue weighted by molar-refractivity contribution is 0.411. The Morgan fingerprint density at radius 3 is 2.62 bits per heavy atom. The first-order valence-corrected chi connectivity index (χ1v) is 7.59. The lowest BCUT2D eigenvalue weighted by atomic mass is 10.1. The Bertz CT molecular complexity index is 900. The molecule has 0 amide bonds. The second-order valence-corrected chi connectivity index (χ2v) is 5.64. The summed E-state index contributed by atoms with van der Waals surface area (Å²) in [6, 6.07) is 9.67. The molecular formula is C18H15F2N3O. The number of aromatic nitrogens is 2. The third-order valence-corrected chi connectivity index (χ3v) is 4.33. The van der Waals surface area contributed by atoms with Gasteiger partial charge >= 0.3 is 0 Å². The van der Waals surface area contributed by atoms with E-state index in [1.165, 1.54) is 18.2 Å². The van der Waals surface area contributed by atoms with Crippen LogP contribution in [0.25, 0.3) is 11.3 Å². The second-order valence-electron chi connectivity index (χ2n) is 5.64. The van der Waals surface area contributed by atoms with Gasteiger partial charge in [0.05, 0.1) is 12.8 Å². The number of fused-ring (bicyclic) bond motifs is 3. The van der Waals surface area contributed by atoms with Gasteiger partial charge in [0, 0.05) is 35.2 Å². The Hall–Kier alpha value is -2.89. The summed E-state index contributed by atoms with van der Waals surface area (Å²) in [4.78, 5) is 0. The molecule has 0 spiro atoms. The average molecular weight is 327 g/mol. The van der Waals surface area contributed by atoms with Gasteiger partial charge in [0.2, 0.25) is 0 Å². The molecule has 0 saturated heterocycles. The highest BCUT2D eigenvalue weighted by Gasteiger charge is 2.27. The van der Waals surface area contributed by atoms with Crippen molar-refractivity contribution in [3.63, 3.8) is 0 Å². The van der Waals surface area contributed by atoms with Crippen LogP contribution < -0.4 is 10.1 Å². The molecule has 2 N–H and O–H groups in total. The highest BCUT2D eigenvalue weighted by molar-refractivity contribution is 5.80. The minimum Gasteiger partial charge on any atom is -0.496 e. The number of methoxy groups -OCH3 is 1. The Morgan fingerprint density at radius 2 is 1.88 bits per heavy atom. The van der Waals surface area contributed by atoms with Gasteiger partial charge in [-0.1, -0.05) is 18.2 Å². The molecular weight excluding hydrogens is 312 g/mol. The molecule has 0 saturated carbocycles. The number of halogens is 2. The molecule has 4 nitrogen and oxygen atoms in total. The van der Waals surface area contributed by atoms with Crippen molar-refractivity contribution in [3.8, 4) is 17.0 Å². The quantitative estimate of drug-likeness (QED) is 0.598. The fraction of sp³-hybridized carbons (Fsp3) is 0.167. The van der Waals surface area contributed by atoms with Gasteiger partial charge in [-0.05, 0) is 18.2 Å². The van der Waals surface area contributed by atoms with Crippen LogP contribution in [-0.2, 0) is 13.0 Å². The molecule has 0 bridgehead atoms. The normalized spacial score (nSPS) is 12.0. The van der Waals surface area contributed by atoms with E-state index in [0.29, 0.717) is 12.2 Å². The number of benzene rings is 2. The van der Waals surface area contributed by atoms with Crippen molar-refractivity contribution in [2.75, 3.05) is 12.4 Å². The Morgan fingerprint density at radius 1 is 1.12 bits per heavy atom. The number of aromatic amines is 1. The van der Waals surface area contributed by atoms with Gasteiger partial charge in [-0.3, -0.25) is 5.10 Å². The lowest BCUT2D eigenvalue weighted by Crippen LogP contribution is -2.06. The Kier molecular flexibility index (Phi) is 3.45. The number of hydrogen-bond donors (Lipinski definition) is 2. The van der Waals surface area contributed by atoms with Gasteiger partial charge in [-0.2, -0.15) is 5.10 Å². The standard InChI is InChI=1S/C18H15F2N3O/c1-24-16-7-2-4-10-11(16)8-12-17(10)22-23-18(12)21-9-13-14(19)5-3-6-15(13)20/h2-7H,8-9H2,1H3,(H2,21,22,23). The molecule has 2 aromatic carbocycles. The fourth-order valence-electron chi connectivity index (χ4n) is 3.12. The Labute approximate surface area is 137 Å². The highest BCUT2D eigenvalue weighted by atomic mass is 19.1. The maximum absolute atomic E-state index is 13.7. The first-order chi connectivity index (χ1) is 11.7. The summed E-state index contributed by atoms with van der Waals surface area (Å²) >= 11 is 0. The molecule has 1 aliphatic rings. The zero-order valence-corrected chi connectivity index (χ0v) is 13.0. The molecule has 1 aliphatic carbocycles. The zero-order chi connectivity index (χ0) is 16.7. The van der Waals surface area contributed by atoms with Crippen LogP contribution >= 0.6 is 0 Å². The zero-order valence-electron chi connectivity index (χ0n) is 13.0. The summed E-state index contributed by atoms with van der Waals surface area (Å²) in [7, 11) is 1.64. The van der Waals surface area contributed by atoms with Crippen LogP contribution in [0.2, 0.25) is 0 Å². The number of anilines is 1. The summed E-state index contributed by atoms with van der Waals surface area (Å²) in [6.45, 7) is 0.0423. The van der Waals surface area contributed by atoms with Gasteiger partial charge in [0.15, 0.2) is 0 Å². The van der Waals surface area contributed by atoms with E-state index in [9.17, 15) is 8.78 Å². The number of hydrogen-bond acceptors (Lipinski definition) is 3. The number of nitrogens with zero attached hydrogens (tertiary/aromatic N) is 1. The SMILES string of the molecule is COc1cccc2c1Cc1c-2n[nH]c1NCc1c(F)cccc1F. The summed E-state index contributed by atoms with van der Waals surface area (Å²) < 4.78 is 32.9. The van der Waals surface area contributed by atoms with Crippen molar-refractivity contribution < 1.29 is 13.5 Å². The second kappa shape index (κ2) is 5.63. The van der Waals surface area contributed by atoms with E-state index in [2.05, 4.69) is 15.5 Å². The van der Waals surface area contributed by atoms with Gasteiger partial charge in [-0.15, -0.1) is 0 Å². The van der Waals surface area contributed by atoms with Crippen LogP contribution in [0.5, 0.6) is 5.75 Å². The van der Waals surface area contributed by atoms with Gasteiger partial charge in [0.1, 0.15) is 23.2 Å². The number of rotatable bonds is 4. The minimum atomic E-state index is -0.566. The molecule has 4 rings (SSSR count). The topological polar surface area (TPSA) is 49.9 Å². The van der Waals surface area contributed by atoms with E-state index in [1.54, 1.807) is 7.11 Å². The molecule has 3 aromatic rings. The van der Waals surface area contributed by atoms with Crippen LogP contribution in [0, 0.1) is 11.6 Å². The molecule has 122 valence electrons. The predicted octanol–water partition coefficient (Wildman–Crippen LogP) is 3.88. The molecule has 0 atom stereocenters. The van der Waals surface area contributed by atoms with Gasteiger partial charge < -0.3 is 10.1 Å². The van der Waals surface area contributed by atoms with Crippen LogP contribution in [0.1, 0.15) is 16.7 Å². The van der Waals surface area contributed by atoms with Crippen molar-refractivity contribution in [3.05, 3.63) is 64.7 Å². The average Bonchev–Trinajstić information content (AvgIpc) is 3.14. The summed E-state index contributed by atoms with van der Waals surface area (Å²) in [5.74, 6) is 0.356. The Balaban J connectivity index is 1.62. The summed E-state index contributed by atoms with van der Waals surface area (Å²) in [5.41, 5.74) is 3.93. The van der Waals surface area contributed by atoms with Crippen LogP contribution in [0.15, 0.2) is 36.4 Å². The molecule has 1 aromatic heterocycles. The van der Waals surface area contributed by atoms with Crippen molar-refractivity contribution in [2.24, 2.45) is 0 Å². The van der Waals surface area contributed by atoms with Gasteiger partial charge in [-0.25, -0.2) is 8.78 Å². The predicted molar refractivity (Wildman–Crippen MR) is 87.1 cm³/mol. The van der Waals surface area contributed by atoms with Crippen molar-refractivity contribution in [1.29, 1.82) is 0 Å². The molecule has 0 aliphatic heterocycles. The smallest absolute Gasteiger partial charge is 0.131 e. The van der Waals surface area contributed by atoms with E-state index in [-0.39, 0.29) is 12.1 Å². The van der Waals surface area contributed by atoms with E-state index in [1.807, 2.05) is 18.2 Å². The molecule has 24 heavy (non-hydrogen) atoms. The first kappa shape index (κ1) is 14.7. The maximum Gasteiger partial charge on any atom is 0.131 e. The van der Waals surface area contributed by atoms with E-state index in [0.717, 1.165) is 28.1 Å². The molecule has 6 heteroatoms. The first-order valence-electron chi connectivity index (χ1n) is 7.59. The highest BCUT2D eigenvalue weighted by Crippen LogP contribution is 2.42. The third kappa shape index (κ3) is 2.22. The van der Waals surface area contributed by atoms with Crippen molar-refractivity contribution >= 4 is 5.82 Å². The van der Waals surface area contributed by atoms with Gasteiger partial charge in [0.25, 0.3) is 0 Å². The van der Waals surface area contributed by atoms with E-state index in [4.69, 9.17) is 4.74 Å². The molecule has 0 fully saturated rings. The number of nitrogens with one attached hydrogen (secondary N) is 2. The van der Waals surface area contributed by atoms with E-state index < -0.39 is 11.6 Å². The summed E-state index contributed by atoms with van der Waals surface area (Å²) in [5, 5.41) is 10.3. The number of ether oxygens (including phenoxy) is 1. The monoisotopic (exact) mass is 327 g/mol. The maximum atomic E-state index is 13.7. The van der Waals surface area contributed by atoms with Crippen LogP contribution in [0.3, 0.4) is 0 Å². The fourth-order valence-corrected chi connectivity index (χ4v) is 3.12. The number of H-pyrrole nitrogens is 1.